The zero-order valence-corrected chi connectivity index (χ0v) is 15.9. The molecular weight excluding hydrogens is 394 g/mol. The van der Waals surface area contributed by atoms with E-state index in [9.17, 15) is 19.2 Å². The fourth-order valence-corrected chi connectivity index (χ4v) is 3.47. The van der Waals surface area contributed by atoms with Gasteiger partial charge in [-0.05, 0) is 24.3 Å². The van der Waals surface area contributed by atoms with Gasteiger partial charge in [-0.25, -0.2) is 9.69 Å². The summed E-state index contributed by atoms with van der Waals surface area (Å²) in [5.41, 5.74) is 1.08. The number of halogens is 1. The van der Waals surface area contributed by atoms with Gasteiger partial charge in [-0.2, -0.15) is 0 Å². The number of amides is 4. The number of nitrogens with zero attached hydrogens (tertiary/aromatic N) is 2. The van der Waals surface area contributed by atoms with E-state index < -0.39 is 17.8 Å². The summed E-state index contributed by atoms with van der Waals surface area (Å²) in [6.07, 6.45) is 2.92. The largest absolute Gasteiger partial charge is 0.335 e. The molecule has 1 fully saturated rings. The number of fused-ring (bicyclic) bond motifs is 1. The van der Waals surface area contributed by atoms with Crippen LogP contribution in [0.1, 0.15) is 17.3 Å². The monoisotopic (exact) mass is 407 g/mol. The maximum absolute atomic E-state index is 13.0. The Labute approximate surface area is 170 Å². The highest BCUT2D eigenvalue weighted by Gasteiger charge is 2.37. The highest BCUT2D eigenvalue weighted by atomic mass is 35.5. The van der Waals surface area contributed by atoms with Gasteiger partial charge in [0, 0.05) is 24.1 Å². The molecule has 1 N–H and O–H groups in total. The molecule has 0 saturated carbocycles. The predicted octanol–water partition coefficient (Wildman–Crippen LogP) is 3.62. The molecule has 2 heterocycles. The molecule has 3 aromatic rings. The molecule has 1 aromatic heterocycles. The lowest BCUT2D eigenvalue weighted by atomic mass is 10.1. The van der Waals surface area contributed by atoms with Gasteiger partial charge >= 0.3 is 6.03 Å². The molecule has 8 heteroatoms. The van der Waals surface area contributed by atoms with Gasteiger partial charge in [0.1, 0.15) is 5.57 Å². The number of urea groups is 1. The average Bonchev–Trinajstić information content (AvgIpc) is 3.05. The van der Waals surface area contributed by atoms with E-state index in [1.165, 1.54) is 29.7 Å². The van der Waals surface area contributed by atoms with Crippen LogP contribution in [0.4, 0.5) is 10.5 Å². The molecular formula is C21H14ClN3O4. The molecule has 0 bridgehead atoms. The normalized spacial score (nSPS) is 15.9. The summed E-state index contributed by atoms with van der Waals surface area (Å²) in [6, 6.07) is 12.6. The number of anilines is 1. The Bertz CT molecular complexity index is 1240. The van der Waals surface area contributed by atoms with E-state index in [0.717, 1.165) is 4.90 Å². The van der Waals surface area contributed by atoms with Gasteiger partial charge in [-0.15, -0.1) is 0 Å². The Morgan fingerprint density at radius 2 is 1.72 bits per heavy atom. The van der Waals surface area contributed by atoms with Crippen molar-refractivity contribution >= 4 is 58.0 Å². The zero-order chi connectivity index (χ0) is 20.7. The smallest absolute Gasteiger partial charge is 0.287 e. The van der Waals surface area contributed by atoms with E-state index in [4.69, 9.17) is 11.6 Å². The molecule has 4 amide bonds. The van der Waals surface area contributed by atoms with E-state index in [-0.39, 0.29) is 22.2 Å². The second-order valence-electron chi connectivity index (χ2n) is 6.40. The molecule has 1 aliphatic heterocycles. The summed E-state index contributed by atoms with van der Waals surface area (Å²) in [5, 5.41) is 3.04. The van der Waals surface area contributed by atoms with E-state index in [1.807, 2.05) is 0 Å². The lowest BCUT2D eigenvalue weighted by molar-refractivity contribution is -0.122. The number of hydrogen-bond donors (Lipinski definition) is 1. The summed E-state index contributed by atoms with van der Waals surface area (Å²) in [5.74, 6) is -1.83. The summed E-state index contributed by atoms with van der Waals surface area (Å²) in [4.78, 5) is 50.5. The van der Waals surface area contributed by atoms with Gasteiger partial charge in [0.15, 0.2) is 0 Å². The van der Waals surface area contributed by atoms with Crippen LogP contribution in [0.5, 0.6) is 0 Å². The Morgan fingerprint density at radius 1 is 1.03 bits per heavy atom. The van der Waals surface area contributed by atoms with Crippen LogP contribution in [0.3, 0.4) is 0 Å². The quantitative estimate of drug-likeness (QED) is 0.519. The van der Waals surface area contributed by atoms with Gasteiger partial charge in [0.05, 0.1) is 16.2 Å². The number of imide groups is 2. The van der Waals surface area contributed by atoms with Crippen molar-refractivity contribution in [2.75, 3.05) is 4.90 Å². The number of nitrogens with one attached hydrogen (secondary N) is 1. The SMILES string of the molecule is CC(=O)n1cc(/C=C2\C(=O)NC(=O)N(c3ccccc3Cl)C2=O)c2ccccc21. The third-order valence-electron chi connectivity index (χ3n) is 4.58. The Morgan fingerprint density at radius 3 is 2.45 bits per heavy atom. The van der Waals surface area contributed by atoms with Crippen LogP contribution in [0.25, 0.3) is 17.0 Å². The maximum Gasteiger partial charge on any atom is 0.335 e. The zero-order valence-electron chi connectivity index (χ0n) is 15.2. The third-order valence-corrected chi connectivity index (χ3v) is 4.90. The second-order valence-corrected chi connectivity index (χ2v) is 6.81. The van der Waals surface area contributed by atoms with Crippen molar-refractivity contribution in [2.45, 2.75) is 6.92 Å². The predicted molar refractivity (Wildman–Crippen MR) is 109 cm³/mol. The Hall–Kier alpha value is -3.71. The number of para-hydroxylation sites is 2. The highest BCUT2D eigenvalue weighted by molar-refractivity contribution is 6.42. The molecule has 4 rings (SSSR count). The number of aromatic nitrogens is 1. The minimum atomic E-state index is -0.878. The number of benzene rings is 2. The first-order valence-electron chi connectivity index (χ1n) is 8.65. The minimum Gasteiger partial charge on any atom is -0.287 e. The molecule has 0 atom stereocenters. The average molecular weight is 408 g/mol. The van der Waals surface area contributed by atoms with Crippen LogP contribution in [0, 0.1) is 0 Å². The number of hydrogen-bond acceptors (Lipinski definition) is 4. The Kier molecular flexibility index (Phi) is 4.52. The van der Waals surface area contributed by atoms with Crippen molar-refractivity contribution in [3.05, 3.63) is 70.9 Å². The van der Waals surface area contributed by atoms with Crippen molar-refractivity contribution in [3.63, 3.8) is 0 Å². The van der Waals surface area contributed by atoms with Crippen LogP contribution in [0.2, 0.25) is 5.02 Å². The van der Waals surface area contributed by atoms with Crippen molar-refractivity contribution in [1.82, 2.24) is 9.88 Å². The molecule has 1 aliphatic rings. The van der Waals surface area contributed by atoms with Gasteiger partial charge in [-0.1, -0.05) is 41.9 Å². The third kappa shape index (κ3) is 3.11. The van der Waals surface area contributed by atoms with Crippen LogP contribution in [-0.4, -0.2) is 28.3 Å². The lowest BCUT2D eigenvalue weighted by Gasteiger charge is -2.26. The highest BCUT2D eigenvalue weighted by Crippen LogP contribution is 2.30. The minimum absolute atomic E-state index is 0.168. The molecule has 144 valence electrons. The number of barbiturate groups is 1. The fourth-order valence-electron chi connectivity index (χ4n) is 3.25. The van der Waals surface area contributed by atoms with Crippen molar-refractivity contribution < 1.29 is 19.2 Å². The first-order chi connectivity index (χ1) is 13.9. The van der Waals surface area contributed by atoms with E-state index in [0.29, 0.717) is 16.5 Å². The lowest BCUT2D eigenvalue weighted by Crippen LogP contribution is -2.54. The summed E-state index contributed by atoms with van der Waals surface area (Å²) < 4.78 is 1.43. The summed E-state index contributed by atoms with van der Waals surface area (Å²) in [6.45, 7) is 1.42. The topological polar surface area (TPSA) is 88.5 Å². The molecule has 0 spiro atoms. The van der Waals surface area contributed by atoms with Crippen molar-refractivity contribution in [3.8, 4) is 0 Å². The second kappa shape index (κ2) is 7.03. The molecule has 0 radical (unpaired) electrons. The van der Waals surface area contributed by atoms with E-state index >= 15 is 0 Å². The van der Waals surface area contributed by atoms with Gasteiger partial charge in [0.25, 0.3) is 11.8 Å². The number of rotatable bonds is 2. The molecule has 1 saturated heterocycles. The fraction of sp³-hybridized carbons (Fsp3) is 0.0476. The molecule has 2 aromatic carbocycles. The van der Waals surface area contributed by atoms with E-state index in [1.54, 1.807) is 42.6 Å². The molecule has 0 unspecified atom stereocenters. The Balaban J connectivity index is 1.85. The maximum atomic E-state index is 13.0. The van der Waals surface area contributed by atoms with Crippen LogP contribution in [-0.2, 0) is 9.59 Å². The van der Waals surface area contributed by atoms with Crippen LogP contribution in [0.15, 0.2) is 60.3 Å². The molecule has 0 aliphatic carbocycles. The van der Waals surface area contributed by atoms with Crippen molar-refractivity contribution in [1.29, 1.82) is 0 Å². The van der Waals surface area contributed by atoms with Gasteiger partial charge in [0.2, 0.25) is 5.91 Å². The number of carbonyl (C=O) groups is 4. The molecule has 29 heavy (non-hydrogen) atoms. The first-order valence-corrected chi connectivity index (χ1v) is 9.03. The molecule has 7 nitrogen and oxygen atoms in total. The number of carbonyl (C=O) groups excluding carboxylic acids is 4. The standard InChI is InChI=1S/C21H14ClN3O4/c1-12(26)24-11-13(14-6-2-4-8-17(14)24)10-15-19(27)23-21(29)25(20(15)28)18-9-5-3-7-16(18)22/h2-11H,1H3,(H,23,27,29)/b15-10+. The van der Waals surface area contributed by atoms with Crippen molar-refractivity contribution in [2.24, 2.45) is 0 Å². The summed E-state index contributed by atoms with van der Waals surface area (Å²) >= 11 is 6.13. The van der Waals surface area contributed by atoms with E-state index in [2.05, 4.69) is 5.32 Å². The summed E-state index contributed by atoms with van der Waals surface area (Å²) in [7, 11) is 0. The van der Waals surface area contributed by atoms with Gasteiger partial charge in [-0.3, -0.25) is 24.3 Å². The van der Waals surface area contributed by atoms with Crippen LogP contribution < -0.4 is 10.2 Å². The first kappa shape index (κ1) is 18.6. The van der Waals surface area contributed by atoms with Gasteiger partial charge < -0.3 is 0 Å². The van der Waals surface area contributed by atoms with Crippen LogP contribution >= 0.6 is 11.6 Å².